The van der Waals surface area contributed by atoms with E-state index in [1.54, 1.807) is 0 Å². The normalized spacial score (nSPS) is 24.4. The summed E-state index contributed by atoms with van der Waals surface area (Å²) >= 11 is 0. The van der Waals surface area contributed by atoms with Crippen molar-refractivity contribution < 1.29 is 4.79 Å². The third kappa shape index (κ3) is 3.11. The van der Waals surface area contributed by atoms with Gasteiger partial charge in [0.05, 0.1) is 0 Å². The number of Topliss-reactive ketones (excluding diaryl/α,β-unsaturated/α-hetero) is 1. The highest BCUT2D eigenvalue weighted by Crippen LogP contribution is 2.44. The predicted molar refractivity (Wildman–Crippen MR) is 60.2 cm³/mol. The molecule has 0 aromatic carbocycles. The molecule has 1 heteroatoms. The van der Waals surface area contributed by atoms with E-state index >= 15 is 0 Å². The van der Waals surface area contributed by atoms with Crippen LogP contribution in [0.2, 0.25) is 0 Å². The minimum atomic E-state index is 0.324. The molecule has 0 heterocycles. The Morgan fingerprint density at radius 1 is 1.21 bits per heavy atom. The summed E-state index contributed by atoms with van der Waals surface area (Å²) in [4.78, 5) is 11.3. The Morgan fingerprint density at radius 3 is 2.14 bits per heavy atom. The maximum Gasteiger partial charge on any atom is 0.133 e. The van der Waals surface area contributed by atoms with Crippen molar-refractivity contribution in [2.24, 2.45) is 16.7 Å². The second kappa shape index (κ2) is 3.67. The van der Waals surface area contributed by atoms with Crippen LogP contribution in [0.3, 0.4) is 0 Å². The first-order valence-corrected chi connectivity index (χ1v) is 5.72. The quantitative estimate of drug-likeness (QED) is 0.656. The van der Waals surface area contributed by atoms with E-state index < -0.39 is 0 Å². The molecule has 0 aliphatic heterocycles. The van der Waals surface area contributed by atoms with Gasteiger partial charge in [-0.05, 0) is 29.6 Å². The van der Waals surface area contributed by atoms with Crippen molar-refractivity contribution in [3.05, 3.63) is 0 Å². The van der Waals surface area contributed by atoms with Gasteiger partial charge in [0.1, 0.15) is 5.78 Å². The third-order valence-electron chi connectivity index (χ3n) is 3.34. The predicted octanol–water partition coefficient (Wildman–Crippen LogP) is 3.82. The van der Waals surface area contributed by atoms with Crippen molar-refractivity contribution in [1.82, 2.24) is 0 Å². The zero-order valence-corrected chi connectivity index (χ0v) is 10.3. The molecule has 0 saturated heterocycles. The third-order valence-corrected chi connectivity index (χ3v) is 3.34. The van der Waals surface area contributed by atoms with E-state index in [9.17, 15) is 4.79 Å². The lowest BCUT2D eigenvalue weighted by atomic mass is 9.68. The van der Waals surface area contributed by atoms with Gasteiger partial charge in [0.2, 0.25) is 0 Å². The van der Waals surface area contributed by atoms with Crippen LogP contribution in [0.15, 0.2) is 0 Å². The summed E-state index contributed by atoms with van der Waals surface area (Å²) in [6.07, 6.45) is 3.96. The fourth-order valence-corrected chi connectivity index (χ4v) is 2.99. The summed E-state index contributed by atoms with van der Waals surface area (Å²) in [5.41, 5.74) is 0.694. The molecular weight excluding hydrogens is 172 g/mol. The molecule has 0 radical (unpaired) electrons. The lowest BCUT2D eigenvalue weighted by Gasteiger charge is -2.37. The first-order valence-electron chi connectivity index (χ1n) is 5.72. The zero-order valence-electron chi connectivity index (χ0n) is 10.3. The summed E-state index contributed by atoms with van der Waals surface area (Å²) in [7, 11) is 0. The maximum atomic E-state index is 11.3. The molecule has 1 aliphatic rings. The molecule has 0 N–H and O–H groups in total. The largest absolute Gasteiger partial charge is 0.300 e. The van der Waals surface area contributed by atoms with Crippen LogP contribution < -0.4 is 0 Å². The van der Waals surface area contributed by atoms with Crippen molar-refractivity contribution >= 4 is 5.78 Å². The molecule has 1 nitrogen and oxygen atoms in total. The van der Waals surface area contributed by atoms with E-state index in [0.717, 1.165) is 19.3 Å². The highest BCUT2D eigenvalue weighted by atomic mass is 16.1. The van der Waals surface area contributed by atoms with Crippen molar-refractivity contribution in [3.8, 4) is 0 Å². The molecular formula is C13H24O. The molecule has 0 aromatic heterocycles. The molecule has 0 amide bonds. The number of carbonyl (C=O) groups excluding carboxylic acids is 1. The molecule has 14 heavy (non-hydrogen) atoms. The molecule has 1 fully saturated rings. The van der Waals surface area contributed by atoms with E-state index in [4.69, 9.17) is 0 Å². The van der Waals surface area contributed by atoms with Crippen LogP contribution in [0.1, 0.15) is 60.3 Å². The fraction of sp³-hybridized carbons (Fsp3) is 0.923. The Kier molecular flexibility index (Phi) is 3.08. The average Bonchev–Trinajstić information content (AvgIpc) is 2.29. The van der Waals surface area contributed by atoms with Gasteiger partial charge in [0.25, 0.3) is 0 Å². The molecule has 0 spiro atoms. The van der Waals surface area contributed by atoms with E-state index in [1.165, 1.54) is 6.42 Å². The Morgan fingerprint density at radius 2 is 1.79 bits per heavy atom. The van der Waals surface area contributed by atoms with Gasteiger partial charge in [0, 0.05) is 12.8 Å². The number of carbonyl (C=O) groups is 1. The standard InChI is InChI=1S/C13H24O/c1-12(2,3)9-13(4,5)10-6-7-11(14)8-10/h10H,6-9H2,1-5H3. The fourth-order valence-electron chi connectivity index (χ4n) is 2.99. The molecule has 1 rings (SSSR count). The average molecular weight is 196 g/mol. The van der Waals surface area contributed by atoms with Gasteiger partial charge in [-0.1, -0.05) is 34.6 Å². The van der Waals surface area contributed by atoms with Gasteiger partial charge >= 0.3 is 0 Å². The van der Waals surface area contributed by atoms with Gasteiger partial charge in [-0.15, -0.1) is 0 Å². The maximum absolute atomic E-state index is 11.3. The Labute approximate surface area is 88.3 Å². The lowest BCUT2D eigenvalue weighted by Crippen LogP contribution is -2.27. The van der Waals surface area contributed by atoms with Crippen LogP contribution in [0.4, 0.5) is 0 Å². The molecule has 82 valence electrons. The highest BCUT2D eigenvalue weighted by molar-refractivity contribution is 5.80. The molecule has 1 unspecified atom stereocenters. The summed E-state index contributed by atoms with van der Waals surface area (Å²) in [6, 6.07) is 0. The van der Waals surface area contributed by atoms with E-state index in [2.05, 4.69) is 34.6 Å². The molecule has 1 saturated carbocycles. The minimum absolute atomic E-state index is 0.324. The van der Waals surface area contributed by atoms with Crippen LogP contribution in [0.25, 0.3) is 0 Å². The Hall–Kier alpha value is -0.330. The monoisotopic (exact) mass is 196 g/mol. The van der Waals surface area contributed by atoms with E-state index in [-0.39, 0.29) is 0 Å². The van der Waals surface area contributed by atoms with Crippen molar-refractivity contribution in [2.45, 2.75) is 60.3 Å². The SMILES string of the molecule is CC(C)(C)CC(C)(C)C1CCC(=O)C1. The van der Waals surface area contributed by atoms with Gasteiger partial charge in [0.15, 0.2) is 0 Å². The van der Waals surface area contributed by atoms with Gasteiger partial charge in [-0.3, -0.25) is 4.79 Å². The Balaban J connectivity index is 2.61. The minimum Gasteiger partial charge on any atom is -0.300 e. The van der Waals surface area contributed by atoms with E-state index in [0.29, 0.717) is 22.5 Å². The summed E-state index contributed by atoms with van der Waals surface area (Å²) in [6.45, 7) is 11.5. The van der Waals surface area contributed by atoms with Crippen molar-refractivity contribution in [3.63, 3.8) is 0 Å². The van der Waals surface area contributed by atoms with Gasteiger partial charge in [-0.2, -0.15) is 0 Å². The smallest absolute Gasteiger partial charge is 0.133 e. The summed E-state index contributed by atoms with van der Waals surface area (Å²) in [5, 5.41) is 0. The van der Waals surface area contributed by atoms with Crippen LogP contribution in [0.5, 0.6) is 0 Å². The first-order chi connectivity index (χ1) is 6.21. The van der Waals surface area contributed by atoms with Crippen LogP contribution in [-0.4, -0.2) is 5.78 Å². The van der Waals surface area contributed by atoms with Gasteiger partial charge < -0.3 is 0 Å². The van der Waals surface area contributed by atoms with Crippen LogP contribution in [-0.2, 0) is 4.79 Å². The second-order valence-electron chi connectivity index (χ2n) is 6.70. The topological polar surface area (TPSA) is 17.1 Å². The Bertz CT molecular complexity index is 220. The number of hydrogen-bond donors (Lipinski definition) is 0. The highest BCUT2D eigenvalue weighted by Gasteiger charge is 2.37. The number of rotatable bonds is 2. The molecule has 1 aliphatic carbocycles. The van der Waals surface area contributed by atoms with Crippen molar-refractivity contribution in [1.29, 1.82) is 0 Å². The molecule has 1 atom stereocenters. The summed E-state index contributed by atoms with van der Waals surface area (Å²) in [5.74, 6) is 1.09. The first kappa shape index (κ1) is 11.7. The molecule has 0 bridgehead atoms. The number of hydrogen-bond acceptors (Lipinski definition) is 1. The van der Waals surface area contributed by atoms with Crippen molar-refractivity contribution in [2.75, 3.05) is 0 Å². The number of ketones is 1. The van der Waals surface area contributed by atoms with Gasteiger partial charge in [-0.25, -0.2) is 0 Å². The molecule has 0 aromatic rings. The second-order valence-corrected chi connectivity index (χ2v) is 6.70. The van der Waals surface area contributed by atoms with E-state index in [1.807, 2.05) is 0 Å². The van der Waals surface area contributed by atoms with Crippen LogP contribution in [0, 0.1) is 16.7 Å². The van der Waals surface area contributed by atoms with Crippen LogP contribution >= 0.6 is 0 Å². The zero-order chi connectivity index (χ0) is 11.0. The lowest BCUT2D eigenvalue weighted by molar-refractivity contribution is -0.117. The summed E-state index contributed by atoms with van der Waals surface area (Å²) < 4.78 is 0.